The summed E-state index contributed by atoms with van der Waals surface area (Å²) >= 11 is 0. The van der Waals surface area contributed by atoms with Gasteiger partial charge in [-0.25, -0.2) is 4.98 Å². The Balaban J connectivity index is 1.90. The van der Waals surface area contributed by atoms with E-state index in [0.717, 1.165) is 25.9 Å². The van der Waals surface area contributed by atoms with Crippen molar-refractivity contribution in [1.82, 2.24) is 9.97 Å². The topological polar surface area (TPSA) is 75.0 Å². The van der Waals surface area contributed by atoms with Crippen molar-refractivity contribution in [3.05, 3.63) is 52.1 Å². The lowest BCUT2D eigenvalue weighted by Gasteiger charge is -2.21. The van der Waals surface area contributed by atoms with Crippen LogP contribution >= 0.6 is 0 Å². The van der Waals surface area contributed by atoms with Crippen LogP contribution in [0.3, 0.4) is 0 Å². The second-order valence-corrected chi connectivity index (χ2v) is 4.72. The first-order chi connectivity index (χ1) is 9.25. The maximum Gasteiger partial charge on any atom is 0.276 e. The van der Waals surface area contributed by atoms with E-state index < -0.39 is 0 Å². The fourth-order valence-corrected chi connectivity index (χ4v) is 2.53. The molecule has 19 heavy (non-hydrogen) atoms. The first-order valence-corrected chi connectivity index (χ1v) is 6.40. The van der Waals surface area contributed by atoms with E-state index in [0.29, 0.717) is 5.82 Å². The second-order valence-electron chi connectivity index (χ2n) is 4.72. The van der Waals surface area contributed by atoms with E-state index in [4.69, 9.17) is 5.73 Å². The summed E-state index contributed by atoms with van der Waals surface area (Å²) in [6, 6.07) is 8.45. The van der Waals surface area contributed by atoms with Crippen molar-refractivity contribution in [3.8, 4) is 0 Å². The highest BCUT2D eigenvalue weighted by Crippen LogP contribution is 2.21. The molecule has 0 saturated carbocycles. The van der Waals surface area contributed by atoms with E-state index in [-0.39, 0.29) is 11.2 Å². The quantitative estimate of drug-likeness (QED) is 0.797. The Labute approximate surface area is 111 Å². The van der Waals surface area contributed by atoms with Crippen LogP contribution in [0.5, 0.6) is 0 Å². The zero-order valence-electron chi connectivity index (χ0n) is 10.6. The molecule has 2 aromatic rings. The zero-order valence-corrected chi connectivity index (χ0v) is 10.6. The molecule has 0 saturated heterocycles. The number of aromatic amines is 1. The Hall–Kier alpha value is -2.30. The third-order valence-corrected chi connectivity index (χ3v) is 3.59. The van der Waals surface area contributed by atoms with Gasteiger partial charge in [-0.3, -0.25) is 4.79 Å². The Morgan fingerprint density at radius 2 is 1.79 bits per heavy atom. The lowest BCUT2D eigenvalue weighted by molar-refractivity contribution is 0.788. The Morgan fingerprint density at radius 3 is 2.42 bits per heavy atom. The van der Waals surface area contributed by atoms with Crippen molar-refractivity contribution in [2.24, 2.45) is 0 Å². The number of fused-ring (bicyclic) bond motifs is 1. The van der Waals surface area contributed by atoms with Gasteiger partial charge in [0.1, 0.15) is 5.69 Å². The minimum atomic E-state index is -0.272. The van der Waals surface area contributed by atoms with Gasteiger partial charge in [0.2, 0.25) is 0 Å². The number of nitrogens with zero attached hydrogens (tertiary/aromatic N) is 2. The molecule has 1 aliphatic heterocycles. The summed E-state index contributed by atoms with van der Waals surface area (Å²) in [5.74, 6) is 0.594. The van der Waals surface area contributed by atoms with Crippen LogP contribution in [-0.2, 0) is 12.8 Å². The Bertz CT molecular complexity index is 623. The van der Waals surface area contributed by atoms with Crippen molar-refractivity contribution < 1.29 is 0 Å². The monoisotopic (exact) mass is 256 g/mol. The summed E-state index contributed by atoms with van der Waals surface area (Å²) in [5.41, 5.74) is 8.49. The number of nitrogen functional groups attached to an aromatic ring is 1. The average molecular weight is 256 g/mol. The fraction of sp³-hybridized carbons (Fsp3) is 0.286. The molecule has 1 aromatic heterocycles. The van der Waals surface area contributed by atoms with Crippen LogP contribution in [0.15, 0.2) is 35.4 Å². The molecule has 5 heteroatoms. The van der Waals surface area contributed by atoms with Crippen LogP contribution in [0.1, 0.15) is 11.1 Å². The number of hydrogen-bond donors (Lipinski definition) is 2. The van der Waals surface area contributed by atoms with Crippen LogP contribution in [-0.4, -0.2) is 23.1 Å². The van der Waals surface area contributed by atoms with Gasteiger partial charge in [0.25, 0.3) is 5.56 Å². The molecule has 0 amide bonds. The van der Waals surface area contributed by atoms with E-state index in [2.05, 4.69) is 39.1 Å². The van der Waals surface area contributed by atoms with Gasteiger partial charge < -0.3 is 15.6 Å². The second kappa shape index (κ2) is 4.76. The van der Waals surface area contributed by atoms with E-state index in [1.165, 1.54) is 17.5 Å². The summed E-state index contributed by atoms with van der Waals surface area (Å²) < 4.78 is 0. The number of H-pyrrole nitrogens is 1. The van der Waals surface area contributed by atoms with Crippen molar-refractivity contribution >= 4 is 11.5 Å². The summed E-state index contributed by atoms with van der Waals surface area (Å²) in [4.78, 5) is 20.3. The van der Waals surface area contributed by atoms with Gasteiger partial charge in [0.05, 0.1) is 6.33 Å². The van der Waals surface area contributed by atoms with Gasteiger partial charge in [-0.05, 0) is 24.0 Å². The average Bonchev–Trinajstić information content (AvgIpc) is 2.65. The fourth-order valence-electron chi connectivity index (χ4n) is 2.53. The van der Waals surface area contributed by atoms with Crippen molar-refractivity contribution in [1.29, 1.82) is 0 Å². The molecule has 0 radical (unpaired) electrons. The van der Waals surface area contributed by atoms with E-state index in [1.807, 2.05) is 0 Å². The minimum Gasteiger partial charge on any atom is -0.391 e. The van der Waals surface area contributed by atoms with Crippen LogP contribution in [0, 0.1) is 0 Å². The Morgan fingerprint density at radius 1 is 1.16 bits per heavy atom. The predicted octanol–water partition coefficient (Wildman–Crippen LogP) is 0.957. The highest BCUT2D eigenvalue weighted by atomic mass is 16.1. The molecule has 0 aliphatic carbocycles. The summed E-state index contributed by atoms with van der Waals surface area (Å²) in [5, 5.41) is 0. The van der Waals surface area contributed by atoms with E-state index in [9.17, 15) is 4.79 Å². The molecule has 98 valence electrons. The molecule has 0 atom stereocenters. The lowest BCUT2D eigenvalue weighted by atomic mass is 10.0. The van der Waals surface area contributed by atoms with Gasteiger partial charge in [0.15, 0.2) is 5.82 Å². The molecule has 1 aromatic carbocycles. The highest BCUT2D eigenvalue weighted by molar-refractivity contribution is 5.61. The molecule has 5 nitrogen and oxygen atoms in total. The number of benzene rings is 1. The van der Waals surface area contributed by atoms with Crippen LogP contribution in [0.25, 0.3) is 0 Å². The normalized spacial score (nSPS) is 14.8. The largest absolute Gasteiger partial charge is 0.391 e. The first kappa shape index (κ1) is 11.8. The van der Waals surface area contributed by atoms with Crippen LogP contribution < -0.4 is 16.2 Å². The zero-order chi connectivity index (χ0) is 13.2. The molecule has 0 unspecified atom stereocenters. The molecule has 1 aliphatic rings. The molecule has 0 fully saturated rings. The SMILES string of the molecule is Nc1c(N2CCc3ccccc3CC2)nc[nH]c1=O. The number of rotatable bonds is 1. The highest BCUT2D eigenvalue weighted by Gasteiger charge is 2.17. The number of anilines is 2. The van der Waals surface area contributed by atoms with E-state index >= 15 is 0 Å². The smallest absolute Gasteiger partial charge is 0.276 e. The molecular weight excluding hydrogens is 240 g/mol. The van der Waals surface area contributed by atoms with Crippen LogP contribution in [0.4, 0.5) is 11.5 Å². The van der Waals surface area contributed by atoms with E-state index in [1.54, 1.807) is 0 Å². The summed E-state index contributed by atoms with van der Waals surface area (Å²) in [7, 11) is 0. The number of nitrogens with two attached hydrogens (primary N) is 1. The predicted molar refractivity (Wildman–Crippen MR) is 75.3 cm³/mol. The lowest BCUT2D eigenvalue weighted by Crippen LogP contribution is -2.30. The first-order valence-electron chi connectivity index (χ1n) is 6.40. The van der Waals surface area contributed by atoms with Gasteiger partial charge >= 0.3 is 0 Å². The Kier molecular flexibility index (Phi) is 2.95. The van der Waals surface area contributed by atoms with Crippen molar-refractivity contribution in [2.75, 3.05) is 23.7 Å². The third-order valence-electron chi connectivity index (χ3n) is 3.59. The van der Waals surface area contributed by atoms with Gasteiger partial charge in [0, 0.05) is 13.1 Å². The molecule has 3 N–H and O–H groups in total. The molecule has 0 bridgehead atoms. The van der Waals surface area contributed by atoms with Gasteiger partial charge in [-0.2, -0.15) is 0 Å². The summed E-state index contributed by atoms with van der Waals surface area (Å²) in [6.45, 7) is 1.66. The number of aromatic nitrogens is 2. The molecule has 2 heterocycles. The van der Waals surface area contributed by atoms with Crippen LogP contribution in [0.2, 0.25) is 0 Å². The van der Waals surface area contributed by atoms with Crippen molar-refractivity contribution in [2.45, 2.75) is 12.8 Å². The number of nitrogens with one attached hydrogen (secondary N) is 1. The standard InChI is InChI=1S/C14H16N4O/c15-12-13(16-9-17-14(12)19)18-7-5-10-3-1-2-4-11(10)6-8-18/h1-4,9H,5-8,15H2,(H,16,17,19). The van der Waals surface area contributed by atoms with Gasteiger partial charge in [-0.1, -0.05) is 24.3 Å². The molecule has 0 spiro atoms. The molecule has 3 rings (SSSR count). The van der Waals surface area contributed by atoms with Crippen molar-refractivity contribution in [3.63, 3.8) is 0 Å². The summed E-state index contributed by atoms with van der Waals surface area (Å²) in [6.07, 6.45) is 3.31. The maximum atomic E-state index is 11.5. The minimum absolute atomic E-state index is 0.202. The maximum absolute atomic E-state index is 11.5. The third kappa shape index (κ3) is 2.19. The number of hydrogen-bond acceptors (Lipinski definition) is 4. The van der Waals surface area contributed by atoms with Gasteiger partial charge in [-0.15, -0.1) is 0 Å². The molecular formula is C14H16N4O.